The monoisotopic (exact) mass is 972 g/mol. The number of benzene rings is 3. The van der Waals surface area contributed by atoms with Crippen LogP contribution in [0.15, 0.2) is 54.7 Å². The number of carbonyl (C=O) groups excluding carboxylic acids is 2. The number of piperidine rings is 2. The number of hydrogen-bond donors (Lipinski definition) is 4. The highest BCUT2D eigenvalue weighted by Crippen LogP contribution is 2.58. The number of anilines is 3. The first-order chi connectivity index (χ1) is 34.3. The van der Waals surface area contributed by atoms with Crippen LogP contribution in [-0.2, 0) is 16.0 Å². The van der Waals surface area contributed by atoms with Crippen LogP contribution in [0.25, 0.3) is 32.9 Å². The van der Waals surface area contributed by atoms with E-state index < -0.39 is 29.3 Å². The molecule has 12 rings (SSSR count). The molecule has 5 aliphatic heterocycles. The molecule has 2 aliphatic carbocycles. The zero-order valence-corrected chi connectivity index (χ0v) is 40.4. The maximum absolute atomic E-state index is 17.2. The lowest BCUT2D eigenvalue weighted by Crippen LogP contribution is -2.60. The molecular formula is C54H63F3N10O4. The lowest BCUT2D eigenvalue weighted by Gasteiger charge is -2.57. The third kappa shape index (κ3) is 9.11. The van der Waals surface area contributed by atoms with Crippen molar-refractivity contribution in [1.29, 1.82) is 0 Å². The molecule has 2 amide bonds. The van der Waals surface area contributed by atoms with E-state index in [1.54, 1.807) is 24.4 Å². The number of nitrogens with zero attached hydrogens (tertiary/aromatic N) is 7. The number of nitrogens with one attached hydrogen (secondary N) is 3. The molecule has 1 spiro atoms. The van der Waals surface area contributed by atoms with Gasteiger partial charge < -0.3 is 35.2 Å². The summed E-state index contributed by atoms with van der Waals surface area (Å²) >= 11 is 0. The number of halogens is 3. The summed E-state index contributed by atoms with van der Waals surface area (Å²) in [5.74, 6) is -1.10. The van der Waals surface area contributed by atoms with Crippen molar-refractivity contribution in [2.75, 3.05) is 87.2 Å². The van der Waals surface area contributed by atoms with E-state index in [2.05, 4.69) is 42.5 Å². The summed E-state index contributed by atoms with van der Waals surface area (Å²) in [5, 5.41) is 21.9. The number of aryl methyl sites for hydroxylation is 1. The molecule has 374 valence electrons. The van der Waals surface area contributed by atoms with Gasteiger partial charge in [0.2, 0.25) is 11.8 Å². The molecule has 7 fully saturated rings. The Morgan fingerprint density at radius 1 is 0.873 bits per heavy atom. The molecule has 14 nitrogen and oxygen atoms in total. The Balaban J connectivity index is 0.666. The molecule has 3 unspecified atom stereocenters. The Hall–Kier alpha value is -5.78. The van der Waals surface area contributed by atoms with Crippen LogP contribution in [0.5, 0.6) is 11.8 Å². The average Bonchev–Trinajstić information content (AvgIpc) is 4.04. The smallest absolute Gasteiger partial charge is 0.319 e. The summed E-state index contributed by atoms with van der Waals surface area (Å²) in [6.45, 7) is 9.84. The Bertz CT molecular complexity index is 2880. The summed E-state index contributed by atoms with van der Waals surface area (Å²) in [6, 6.07) is 14.3. The largest absolute Gasteiger partial charge is 0.508 e. The van der Waals surface area contributed by atoms with Crippen molar-refractivity contribution in [3.05, 3.63) is 71.9 Å². The van der Waals surface area contributed by atoms with Gasteiger partial charge in [0.15, 0.2) is 5.82 Å². The third-order valence-corrected chi connectivity index (χ3v) is 16.9. The van der Waals surface area contributed by atoms with Crippen LogP contribution in [0.3, 0.4) is 0 Å². The van der Waals surface area contributed by atoms with Gasteiger partial charge in [-0.15, -0.1) is 0 Å². The number of fused-ring (bicyclic) bond motifs is 4. The standard InChI is InChI=1S/C54H63F3N10O4/c1-2-33-4-3-5-34-22-38(68)24-39(45(33)34)47-46(56)48-40(25-58-47)49(67-26-35-6-7-36(27-67)59-35)63-51(62-48)71-32-53(12-13-53)30-64-16-14-52(15-17-64)28-54(57,29-52)31-65-18-20-66(21-19-65)37-8-9-42(41(55)23-37)60-43-10-11-44(69)61-50(43)70/h3-5,8-9,22-25,35-36,43,59-60,68H,2,6-7,10-21,26-32H2,1H3,(H,61,69,70). The maximum atomic E-state index is 17.2. The van der Waals surface area contributed by atoms with Crippen molar-refractivity contribution in [1.82, 2.24) is 35.4 Å². The molecule has 5 saturated heterocycles. The van der Waals surface area contributed by atoms with E-state index in [-0.39, 0.29) is 51.8 Å². The van der Waals surface area contributed by atoms with Crippen LogP contribution < -0.4 is 30.5 Å². The van der Waals surface area contributed by atoms with Crippen molar-refractivity contribution < 1.29 is 32.6 Å². The average molecular weight is 973 g/mol. The number of amides is 2. The number of aromatic hydroxyl groups is 1. The summed E-state index contributed by atoms with van der Waals surface area (Å²) in [7, 11) is 0. The normalized spacial score (nSPS) is 24.9. The first-order valence-electron chi connectivity index (χ1n) is 25.9. The van der Waals surface area contributed by atoms with Gasteiger partial charge in [-0.2, -0.15) is 9.97 Å². The second kappa shape index (κ2) is 18.1. The van der Waals surface area contributed by atoms with Crippen LogP contribution >= 0.6 is 0 Å². The molecule has 71 heavy (non-hydrogen) atoms. The summed E-state index contributed by atoms with van der Waals surface area (Å²) in [4.78, 5) is 47.3. The predicted molar refractivity (Wildman–Crippen MR) is 267 cm³/mol. The summed E-state index contributed by atoms with van der Waals surface area (Å²) in [5.41, 5.74) is 1.60. The van der Waals surface area contributed by atoms with Gasteiger partial charge in [-0.1, -0.05) is 25.1 Å². The van der Waals surface area contributed by atoms with Gasteiger partial charge in [0.1, 0.15) is 40.3 Å². The number of pyridine rings is 1. The molecule has 3 atom stereocenters. The van der Waals surface area contributed by atoms with Crippen LogP contribution in [0.2, 0.25) is 0 Å². The molecule has 2 aromatic heterocycles. The number of phenols is 1. The van der Waals surface area contributed by atoms with E-state index in [1.807, 2.05) is 24.3 Å². The number of imide groups is 1. The van der Waals surface area contributed by atoms with E-state index in [1.165, 1.54) is 6.07 Å². The fourth-order valence-electron chi connectivity index (χ4n) is 13.0. The number of ether oxygens (including phenoxy) is 1. The highest BCUT2D eigenvalue weighted by atomic mass is 19.1. The lowest BCUT2D eigenvalue weighted by atomic mass is 9.55. The Morgan fingerprint density at radius 2 is 1.63 bits per heavy atom. The zero-order chi connectivity index (χ0) is 48.6. The molecule has 4 N–H and O–H groups in total. The molecule has 7 aliphatic rings. The Morgan fingerprint density at radius 3 is 2.35 bits per heavy atom. The minimum Gasteiger partial charge on any atom is -0.508 e. The molecule has 5 aromatic rings. The van der Waals surface area contributed by atoms with Gasteiger partial charge in [0, 0.05) is 93.7 Å². The Kier molecular flexibility index (Phi) is 11.8. The summed E-state index contributed by atoms with van der Waals surface area (Å²) < 4.78 is 55.3. The zero-order valence-electron chi connectivity index (χ0n) is 40.4. The highest BCUT2D eigenvalue weighted by Gasteiger charge is 2.57. The van der Waals surface area contributed by atoms with Crippen LogP contribution in [0.1, 0.15) is 76.7 Å². The number of phenolic OH excluding ortho intramolecular Hbond substituents is 1. The van der Waals surface area contributed by atoms with Crippen LogP contribution in [0.4, 0.5) is 30.4 Å². The second-order valence-corrected chi connectivity index (χ2v) is 22.1. The maximum Gasteiger partial charge on any atom is 0.319 e. The van der Waals surface area contributed by atoms with E-state index in [9.17, 15) is 14.7 Å². The number of likely N-dealkylation sites (tertiary alicyclic amines) is 1. The van der Waals surface area contributed by atoms with Crippen LogP contribution in [0, 0.1) is 22.5 Å². The van der Waals surface area contributed by atoms with E-state index >= 15 is 13.2 Å². The third-order valence-electron chi connectivity index (χ3n) is 16.9. The van der Waals surface area contributed by atoms with Gasteiger partial charge in [0.25, 0.3) is 0 Å². The van der Waals surface area contributed by atoms with Crippen molar-refractivity contribution in [2.24, 2.45) is 10.8 Å². The van der Waals surface area contributed by atoms with E-state index in [0.29, 0.717) is 87.4 Å². The second-order valence-electron chi connectivity index (χ2n) is 22.1. The number of carbonyl (C=O) groups is 2. The SMILES string of the molecule is CCc1cccc2cc(O)cc(-c3ncc4c(N5CC6CCC(C5)N6)nc(OCC5(CN6CCC7(CC6)CC(F)(CN6CCN(c8ccc(NC9CCC(=O)NC9=O)c(F)c8)CC6)C7)CC5)nc4c3F)c12. The Labute approximate surface area is 411 Å². The van der Waals surface area contributed by atoms with Crippen molar-refractivity contribution >= 4 is 50.7 Å². The fraction of sp³-hybridized carbons (Fsp3) is 0.537. The number of piperazine rings is 2. The lowest BCUT2D eigenvalue weighted by molar-refractivity contribution is -0.133. The summed E-state index contributed by atoms with van der Waals surface area (Å²) in [6.07, 6.45) is 10.3. The van der Waals surface area contributed by atoms with Crippen molar-refractivity contribution in [3.63, 3.8) is 0 Å². The van der Waals surface area contributed by atoms with Gasteiger partial charge in [-0.3, -0.25) is 24.8 Å². The molecular weight excluding hydrogens is 910 g/mol. The molecule has 2 bridgehead atoms. The molecule has 17 heteroatoms. The minimum absolute atomic E-state index is 0.0287. The van der Waals surface area contributed by atoms with E-state index in [4.69, 9.17) is 19.7 Å². The van der Waals surface area contributed by atoms with Gasteiger partial charge in [0.05, 0.1) is 17.7 Å². The van der Waals surface area contributed by atoms with Crippen LogP contribution in [-0.4, -0.2) is 138 Å². The quantitative estimate of drug-likeness (QED) is 0.0889. The number of hydrogen-bond acceptors (Lipinski definition) is 13. The van der Waals surface area contributed by atoms with Gasteiger partial charge in [-0.25, -0.2) is 13.2 Å². The van der Waals surface area contributed by atoms with Crippen molar-refractivity contribution in [3.8, 4) is 23.0 Å². The van der Waals surface area contributed by atoms with Gasteiger partial charge in [-0.05, 0) is 129 Å². The highest BCUT2D eigenvalue weighted by molar-refractivity contribution is 6.02. The number of alkyl halides is 1. The first-order valence-corrected chi connectivity index (χ1v) is 25.9. The predicted octanol–water partition coefficient (Wildman–Crippen LogP) is 7.11. The number of rotatable bonds is 13. The molecule has 7 heterocycles. The minimum atomic E-state index is -1.21. The fourth-order valence-corrected chi connectivity index (χ4v) is 13.0. The first kappa shape index (κ1) is 46.3. The molecule has 0 radical (unpaired) electrons. The van der Waals surface area contributed by atoms with Crippen molar-refractivity contribution in [2.45, 2.75) is 101 Å². The molecule has 2 saturated carbocycles. The molecule has 3 aromatic carbocycles. The topological polar surface area (TPSA) is 151 Å². The van der Waals surface area contributed by atoms with E-state index in [0.717, 1.165) is 99.7 Å². The number of aromatic nitrogens is 3. The van der Waals surface area contributed by atoms with Gasteiger partial charge >= 0.3 is 6.01 Å².